The van der Waals surface area contributed by atoms with Crippen LogP contribution >= 0.6 is 11.6 Å². The average molecular weight is 385 g/mol. The highest BCUT2D eigenvalue weighted by Gasteiger charge is 2.12. The molecule has 0 aliphatic rings. The number of rotatable bonds is 7. The molecule has 1 N–H and O–H groups in total. The first-order valence-corrected chi connectivity index (χ1v) is 8.93. The minimum absolute atomic E-state index is 0.0541. The van der Waals surface area contributed by atoms with Crippen molar-refractivity contribution in [2.75, 3.05) is 11.9 Å². The molecule has 0 saturated carbocycles. The van der Waals surface area contributed by atoms with Crippen LogP contribution in [-0.4, -0.2) is 18.6 Å². The van der Waals surface area contributed by atoms with E-state index in [1.54, 1.807) is 42.5 Å². The summed E-state index contributed by atoms with van der Waals surface area (Å²) in [5, 5.41) is 12.6. The van der Waals surface area contributed by atoms with Crippen LogP contribution in [0.2, 0.25) is 5.02 Å². The van der Waals surface area contributed by atoms with Gasteiger partial charge in [0.2, 0.25) is 0 Å². The van der Waals surface area contributed by atoms with Crippen LogP contribution in [0.1, 0.15) is 26.3 Å². The Bertz CT molecular complexity index is 868. The number of benzene rings is 2. The molecule has 0 atom stereocenters. The first-order valence-electron chi connectivity index (χ1n) is 8.55. The zero-order valence-electron chi connectivity index (χ0n) is 15.5. The molecule has 0 bridgehead atoms. The summed E-state index contributed by atoms with van der Waals surface area (Å²) >= 11 is 6.05. The monoisotopic (exact) mass is 384 g/mol. The molecule has 0 saturated heterocycles. The Morgan fingerprint density at radius 1 is 1.26 bits per heavy atom. The number of nitrogens with one attached hydrogen (secondary N) is 1. The van der Waals surface area contributed by atoms with Gasteiger partial charge in [-0.1, -0.05) is 11.6 Å². The van der Waals surface area contributed by atoms with E-state index in [-0.39, 0.29) is 11.7 Å². The van der Waals surface area contributed by atoms with E-state index in [9.17, 15) is 10.1 Å². The summed E-state index contributed by atoms with van der Waals surface area (Å²) in [7, 11) is 0. The van der Waals surface area contributed by atoms with Gasteiger partial charge in [0.25, 0.3) is 5.91 Å². The third-order valence-corrected chi connectivity index (χ3v) is 3.66. The number of carbonyl (C=O) groups is 1. The number of ether oxygens (including phenoxy) is 2. The van der Waals surface area contributed by atoms with E-state index in [0.717, 1.165) is 0 Å². The maximum absolute atomic E-state index is 12.5. The smallest absolute Gasteiger partial charge is 0.266 e. The molecular weight excluding hydrogens is 364 g/mol. The maximum atomic E-state index is 12.5. The van der Waals surface area contributed by atoms with Gasteiger partial charge in [-0.25, -0.2) is 0 Å². The molecule has 1 amide bonds. The lowest BCUT2D eigenvalue weighted by molar-refractivity contribution is -0.112. The molecule has 0 aromatic heterocycles. The Labute approximate surface area is 164 Å². The standard InChI is InChI=1S/C21H21ClN2O3/c1-4-26-19-8-6-18(7-9-19)24-21(25)16(13-23)11-15-12-17(22)5-10-20(15)27-14(2)3/h5-12,14H,4H2,1-3H3,(H,24,25)/b16-11+. The second-order valence-corrected chi connectivity index (χ2v) is 6.37. The van der Waals surface area contributed by atoms with E-state index in [2.05, 4.69) is 5.32 Å². The fourth-order valence-electron chi connectivity index (χ4n) is 2.30. The summed E-state index contributed by atoms with van der Waals surface area (Å²) in [4.78, 5) is 12.5. The van der Waals surface area contributed by atoms with Crippen LogP contribution < -0.4 is 14.8 Å². The van der Waals surface area contributed by atoms with Gasteiger partial charge in [0.1, 0.15) is 23.1 Å². The summed E-state index contributed by atoms with van der Waals surface area (Å²) in [6.07, 6.45) is 1.41. The number of hydrogen-bond donors (Lipinski definition) is 1. The molecule has 5 nitrogen and oxygen atoms in total. The lowest BCUT2D eigenvalue weighted by Crippen LogP contribution is -2.13. The van der Waals surface area contributed by atoms with Crippen LogP contribution in [0.3, 0.4) is 0 Å². The molecule has 0 unspecified atom stereocenters. The quantitative estimate of drug-likeness (QED) is 0.534. The molecule has 2 aromatic carbocycles. The highest BCUT2D eigenvalue weighted by Crippen LogP contribution is 2.26. The van der Waals surface area contributed by atoms with Gasteiger partial charge in [0.15, 0.2) is 0 Å². The summed E-state index contributed by atoms with van der Waals surface area (Å²) in [5.74, 6) is 0.745. The molecule has 0 aliphatic heterocycles. The van der Waals surface area contributed by atoms with Crippen molar-refractivity contribution in [1.29, 1.82) is 5.26 Å². The summed E-state index contributed by atoms with van der Waals surface area (Å²) in [6, 6.07) is 13.9. The Hall–Kier alpha value is -2.97. The predicted molar refractivity (Wildman–Crippen MR) is 107 cm³/mol. The van der Waals surface area contributed by atoms with E-state index in [1.165, 1.54) is 6.08 Å². The second kappa shape index (κ2) is 9.65. The highest BCUT2D eigenvalue weighted by atomic mass is 35.5. The number of halogens is 1. The van der Waals surface area contributed by atoms with Gasteiger partial charge in [-0.15, -0.1) is 0 Å². The summed E-state index contributed by atoms with van der Waals surface area (Å²) in [6.45, 7) is 6.25. The van der Waals surface area contributed by atoms with Crippen molar-refractivity contribution < 1.29 is 14.3 Å². The number of hydrogen-bond acceptors (Lipinski definition) is 4. The molecule has 6 heteroatoms. The van der Waals surface area contributed by atoms with Crippen molar-refractivity contribution >= 4 is 29.3 Å². The first-order chi connectivity index (χ1) is 12.9. The van der Waals surface area contributed by atoms with E-state index in [4.69, 9.17) is 21.1 Å². The van der Waals surface area contributed by atoms with Gasteiger partial charge in [-0.3, -0.25) is 4.79 Å². The zero-order chi connectivity index (χ0) is 19.8. The summed E-state index contributed by atoms with van der Waals surface area (Å²) < 4.78 is 11.1. The predicted octanol–water partition coefficient (Wildman–Crippen LogP) is 5.07. The van der Waals surface area contributed by atoms with Gasteiger partial charge in [-0.05, 0) is 69.3 Å². The minimum atomic E-state index is -0.517. The molecular formula is C21H21ClN2O3. The molecule has 0 aliphatic carbocycles. The lowest BCUT2D eigenvalue weighted by atomic mass is 10.1. The molecule has 0 heterocycles. The number of nitrogens with zero attached hydrogens (tertiary/aromatic N) is 1. The number of carbonyl (C=O) groups excluding carboxylic acids is 1. The SMILES string of the molecule is CCOc1ccc(NC(=O)/C(C#N)=C/c2cc(Cl)ccc2OC(C)C)cc1. The van der Waals surface area contributed by atoms with E-state index in [1.807, 2.05) is 26.8 Å². The van der Waals surface area contributed by atoms with E-state index in [0.29, 0.717) is 34.4 Å². The third kappa shape index (κ3) is 6.05. The highest BCUT2D eigenvalue weighted by molar-refractivity contribution is 6.30. The topological polar surface area (TPSA) is 71.3 Å². The fraction of sp³-hybridized carbons (Fsp3) is 0.238. The van der Waals surface area contributed by atoms with E-state index >= 15 is 0 Å². The molecule has 2 rings (SSSR count). The summed E-state index contributed by atoms with van der Waals surface area (Å²) in [5.41, 5.74) is 1.07. The van der Waals surface area contributed by atoms with Crippen LogP contribution in [0.4, 0.5) is 5.69 Å². The molecule has 27 heavy (non-hydrogen) atoms. The van der Waals surface area contributed by atoms with Gasteiger partial charge in [0, 0.05) is 16.3 Å². The van der Waals surface area contributed by atoms with Crippen molar-refractivity contribution in [3.63, 3.8) is 0 Å². The Morgan fingerprint density at radius 2 is 1.96 bits per heavy atom. The number of amides is 1. The van der Waals surface area contributed by atoms with Crippen LogP contribution in [-0.2, 0) is 4.79 Å². The van der Waals surface area contributed by atoms with Crippen molar-refractivity contribution in [2.24, 2.45) is 0 Å². The number of anilines is 1. The lowest BCUT2D eigenvalue weighted by Gasteiger charge is -2.13. The second-order valence-electron chi connectivity index (χ2n) is 5.93. The molecule has 0 fully saturated rings. The first kappa shape index (κ1) is 20.3. The Balaban J connectivity index is 2.24. The van der Waals surface area contributed by atoms with Crippen molar-refractivity contribution in [1.82, 2.24) is 0 Å². The van der Waals surface area contributed by atoms with Crippen LogP contribution in [0.5, 0.6) is 11.5 Å². The van der Waals surface area contributed by atoms with Crippen LogP contribution in [0, 0.1) is 11.3 Å². The molecule has 140 valence electrons. The third-order valence-electron chi connectivity index (χ3n) is 3.42. The molecule has 2 aromatic rings. The van der Waals surface area contributed by atoms with Crippen molar-refractivity contribution in [3.8, 4) is 17.6 Å². The van der Waals surface area contributed by atoms with Crippen LogP contribution in [0.15, 0.2) is 48.0 Å². The largest absolute Gasteiger partial charge is 0.494 e. The van der Waals surface area contributed by atoms with Gasteiger partial charge >= 0.3 is 0 Å². The maximum Gasteiger partial charge on any atom is 0.266 e. The van der Waals surface area contributed by atoms with E-state index < -0.39 is 5.91 Å². The molecule has 0 spiro atoms. The fourth-order valence-corrected chi connectivity index (χ4v) is 2.48. The zero-order valence-corrected chi connectivity index (χ0v) is 16.2. The Kier molecular flexibility index (Phi) is 7.27. The minimum Gasteiger partial charge on any atom is -0.494 e. The normalized spacial score (nSPS) is 11.0. The van der Waals surface area contributed by atoms with Crippen molar-refractivity contribution in [3.05, 3.63) is 58.6 Å². The Morgan fingerprint density at radius 3 is 2.56 bits per heavy atom. The van der Waals surface area contributed by atoms with Gasteiger partial charge in [-0.2, -0.15) is 5.26 Å². The van der Waals surface area contributed by atoms with Gasteiger partial charge < -0.3 is 14.8 Å². The van der Waals surface area contributed by atoms with Crippen LogP contribution in [0.25, 0.3) is 6.08 Å². The average Bonchev–Trinajstić information content (AvgIpc) is 2.63. The van der Waals surface area contributed by atoms with Crippen molar-refractivity contribution in [2.45, 2.75) is 26.9 Å². The molecule has 0 radical (unpaired) electrons. The number of nitriles is 1. The van der Waals surface area contributed by atoms with Gasteiger partial charge in [0.05, 0.1) is 12.7 Å².